The van der Waals surface area contributed by atoms with Crippen molar-refractivity contribution in [2.45, 2.75) is 26.8 Å². The van der Waals surface area contributed by atoms with Crippen molar-refractivity contribution in [2.24, 2.45) is 4.99 Å². The van der Waals surface area contributed by atoms with Gasteiger partial charge in [-0.05, 0) is 78.2 Å². The summed E-state index contributed by atoms with van der Waals surface area (Å²) in [6, 6.07) is 9.02. The molecule has 0 aliphatic carbocycles. The van der Waals surface area contributed by atoms with Crippen LogP contribution in [0.25, 0.3) is 6.08 Å². The quantitative estimate of drug-likeness (QED) is 0.281. The predicted molar refractivity (Wildman–Crippen MR) is 163 cm³/mol. The van der Waals surface area contributed by atoms with E-state index >= 15 is 0 Å². The lowest BCUT2D eigenvalue weighted by Crippen LogP contribution is -2.40. The first-order valence-corrected chi connectivity index (χ1v) is 15.0. The zero-order valence-corrected chi connectivity index (χ0v) is 26.7. The molecule has 1 aliphatic rings. The number of halogens is 1. The largest absolute Gasteiger partial charge is 0.490 e. The molecule has 44 heavy (non-hydrogen) atoms. The van der Waals surface area contributed by atoms with Crippen LogP contribution in [-0.4, -0.2) is 61.1 Å². The molecular formula is C30H29BrN2O10S. The minimum absolute atomic E-state index is 0.123. The molecule has 232 valence electrons. The molecule has 2 heterocycles. The van der Waals surface area contributed by atoms with E-state index in [-0.39, 0.29) is 36.7 Å². The summed E-state index contributed by atoms with van der Waals surface area (Å²) >= 11 is 4.53. The van der Waals surface area contributed by atoms with E-state index in [2.05, 4.69) is 25.7 Å². The summed E-state index contributed by atoms with van der Waals surface area (Å²) in [5.41, 5.74) is 1.38. The Morgan fingerprint density at radius 1 is 1.02 bits per heavy atom. The van der Waals surface area contributed by atoms with E-state index in [1.54, 1.807) is 63.2 Å². The molecule has 1 atom stereocenters. The monoisotopic (exact) mass is 688 g/mol. The van der Waals surface area contributed by atoms with Crippen LogP contribution in [0.15, 0.2) is 61.9 Å². The summed E-state index contributed by atoms with van der Waals surface area (Å²) in [6.45, 7) is 4.74. The normalized spacial score (nSPS) is 14.4. The first-order valence-electron chi connectivity index (χ1n) is 13.4. The number of nitrogens with zero attached hydrogens (tertiary/aromatic N) is 2. The third kappa shape index (κ3) is 7.19. The minimum atomic E-state index is -1.11. The summed E-state index contributed by atoms with van der Waals surface area (Å²) in [4.78, 5) is 54.7. The Bertz CT molecular complexity index is 1810. The molecule has 0 spiro atoms. The molecule has 0 radical (unpaired) electrons. The number of hydrogen-bond acceptors (Lipinski definition) is 11. The number of aromatic nitrogens is 1. The lowest BCUT2D eigenvalue weighted by atomic mass is 9.95. The SMILES string of the molecule is CCOC(=O)C1=C(C)N=c2s/c(=C\c3ccc(OCC(=O)O)c(Br)c3)c(=O)n2[C@H]1c1ccc(OCC(=O)OC)c(OCC)c1. The second-order valence-electron chi connectivity index (χ2n) is 9.18. The topological polar surface area (TPSA) is 152 Å². The molecular weight excluding hydrogens is 660 g/mol. The van der Waals surface area contributed by atoms with Gasteiger partial charge in [-0.15, -0.1) is 0 Å². The number of methoxy groups -OCH3 is 1. The Labute approximate surface area is 263 Å². The second-order valence-corrected chi connectivity index (χ2v) is 11.0. The fourth-order valence-electron chi connectivity index (χ4n) is 4.40. The van der Waals surface area contributed by atoms with E-state index in [9.17, 15) is 19.2 Å². The number of esters is 2. The zero-order valence-electron chi connectivity index (χ0n) is 24.2. The van der Waals surface area contributed by atoms with Gasteiger partial charge in [0.05, 0.1) is 46.6 Å². The van der Waals surface area contributed by atoms with E-state index in [1.807, 2.05) is 0 Å². The van der Waals surface area contributed by atoms with E-state index in [0.717, 1.165) is 11.3 Å². The third-order valence-corrected chi connectivity index (χ3v) is 7.88. The van der Waals surface area contributed by atoms with E-state index in [0.29, 0.717) is 42.1 Å². The van der Waals surface area contributed by atoms with Crippen LogP contribution >= 0.6 is 27.3 Å². The van der Waals surface area contributed by atoms with Crippen molar-refractivity contribution in [2.75, 3.05) is 33.5 Å². The van der Waals surface area contributed by atoms with Crippen molar-refractivity contribution < 1.29 is 43.2 Å². The molecule has 0 fully saturated rings. The smallest absolute Gasteiger partial charge is 0.343 e. The van der Waals surface area contributed by atoms with Crippen molar-refractivity contribution in [1.29, 1.82) is 0 Å². The number of fused-ring (bicyclic) bond motifs is 1. The van der Waals surface area contributed by atoms with Gasteiger partial charge in [-0.1, -0.05) is 23.5 Å². The number of thiazole rings is 1. The van der Waals surface area contributed by atoms with Gasteiger partial charge in [0.1, 0.15) is 5.75 Å². The van der Waals surface area contributed by atoms with Crippen molar-refractivity contribution >= 4 is 51.3 Å². The zero-order chi connectivity index (χ0) is 32.0. The highest BCUT2D eigenvalue weighted by molar-refractivity contribution is 9.10. The average molecular weight is 690 g/mol. The Morgan fingerprint density at radius 3 is 2.41 bits per heavy atom. The minimum Gasteiger partial charge on any atom is -0.490 e. The van der Waals surface area contributed by atoms with Crippen LogP contribution in [0.4, 0.5) is 0 Å². The number of allylic oxidation sites excluding steroid dienone is 1. The lowest BCUT2D eigenvalue weighted by Gasteiger charge is -2.25. The maximum atomic E-state index is 14.0. The van der Waals surface area contributed by atoms with Gasteiger partial charge in [0, 0.05) is 0 Å². The number of carbonyl (C=O) groups is 3. The highest BCUT2D eigenvalue weighted by Crippen LogP contribution is 2.36. The summed E-state index contributed by atoms with van der Waals surface area (Å²) in [7, 11) is 1.25. The van der Waals surface area contributed by atoms with Gasteiger partial charge in [-0.2, -0.15) is 0 Å². The maximum Gasteiger partial charge on any atom is 0.343 e. The molecule has 0 bridgehead atoms. The van der Waals surface area contributed by atoms with Gasteiger partial charge < -0.3 is 28.8 Å². The molecule has 0 saturated carbocycles. The molecule has 4 rings (SSSR count). The van der Waals surface area contributed by atoms with Gasteiger partial charge in [-0.25, -0.2) is 19.4 Å². The van der Waals surface area contributed by atoms with Gasteiger partial charge in [0.2, 0.25) is 0 Å². The van der Waals surface area contributed by atoms with Crippen molar-refractivity contribution in [1.82, 2.24) is 4.57 Å². The summed E-state index contributed by atoms with van der Waals surface area (Å²) < 4.78 is 29.0. The van der Waals surface area contributed by atoms with E-state index < -0.39 is 30.6 Å². The second kappa shape index (κ2) is 14.4. The highest BCUT2D eigenvalue weighted by atomic mass is 79.9. The van der Waals surface area contributed by atoms with E-state index in [4.69, 9.17) is 24.1 Å². The number of carboxylic acids is 1. The summed E-state index contributed by atoms with van der Waals surface area (Å²) in [6.07, 6.45) is 1.67. The van der Waals surface area contributed by atoms with E-state index in [1.165, 1.54) is 11.7 Å². The Hall–Kier alpha value is -4.43. The van der Waals surface area contributed by atoms with Crippen LogP contribution in [0, 0.1) is 0 Å². The van der Waals surface area contributed by atoms with Crippen LogP contribution in [-0.2, 0) is 23.9 Å². The molecule has 0 unspecified atom stereocenters. The number of ether oxygens (including phenoxy) is 5. The number of carbonyl (C=O) groups excluding carboxylic acids is 2. The van der Waals surface area contributed by atoms with Crippen LogP contribution in [0.2, 0.25) is 0 Å². The van der Waals surface area contributed by atoms with Crippen LogP contribution < -0.4 is 29.1 Å². The lowest BCUT2D eigenvalue weighted by molar-refractivity contribution is -0.143. The molecule has 1 aliphatic heterocycles. The van der Waals surface area contributed by atoms with Gasteiger partial charge in [0.25, 0.3) is 5.56 Å². The van der Waals surface area contributed by atoms with Crippen LogP contribution in [0.5, 0.6) is 17.2 Å². The number of aliphatic carboxylic acids is 1. The molecule has 1 aromatic heterocycles. The average Bonchev–Trinajstić information content (AvgIpc) is 3.28. The molecule has 3 aromatic rings. The molecule has 0 saturated heterocycles. The summed E-state index contributed by atoms with van der Waals surface area (Å²) in [5, 5.41) is 8.89. The fourth-order valence-corrected chi connectivity index (χ4v) is 5.96. The fraction of sp³-hybridized carbons (Fsp3) is 0.300. The van der Waals surface area contributed by atoms with Crippen molar-refractivity contribution in [3.8, 4) is 17.2 Å². The molecule has 12 nitrogen and oxygen atoms in total. The van der Waals surface area contributed by atoms with Gasteiger partial charge in [0.15, 0.2) is 29.5 Å². The van der Waals surface area contributed by atoms with Gasteiger partial charge >= 0.3 is 17.9 Å². The molecule has 0 amide bonds. The standard InChI is InChI=1S/C30H29BrN2O10S/c1-5-40-22-13-18(8-10-21(22)43-15-25(36)39-4)27-26(29(38)41-6-2)16(3)32-30-33(27)28(37)23(44-30)12-17-7-9-20(19(31)11-17)42-14-24(34)35/h7-13,27H,5-6,14-15H2,1-4H3,(H,34,35)/b23-12-/t27-/m0/s1. The third-order valence-electron chi connectivity index (χ3n) is 6.28. The number of hydrogen-bond donors (Lipinski definition) is 1. The number of rotatable bonds is 12. The number of benzene rings is 2. The van der Waals surface area contributed by atoms with Crippen LogP contribution in [0.3, 0.4) is 0 Å². The molecule has 2 aromatic carbocycles. The predicted octanol–water partition coefficient (Wildman–Crippen LogP) is 2.97. The summed E-state index contributed by atoms with van der Waals surface area (Å²) in [5.74, 6) is -1.35. The van der Waals surface area contributed by atoms with Gasteiger partial charge in [-0.3, -0.25) is 9.36 Å². The highest BCUT2D eigenvalue weighted by Gasteiger charge is 2.34. The molecule has 14 heteroatoms. The molecule has 1 N–H and O–H groups in total. The Balaban J connectivity index is 1.84. The Kier molecular flexibility index (Phi) is 10.6. The number of carboxylic acid groups (broad SMARTS) is 1. The van der Waals surface area contributed by atoms with Crippen molar-refractivity contribution in [3.05, 3.63) is 83.0 Å². The van der Waals surface area contributed by atoms with Crippen LogP contribution in [0.1, 0.15) is 37.9 Å². The van der Waals surface area contributed by atoms with Crippen molar-refractivity contribution in [3.63, 3.8) is 0 Å². The Morgan fingerprint density at radius 2 is 1.75 bits per heavy atom. The first-order chi connectivity index (χ1) is 21.1. The maximum absolute atomic E-state index is 14.0. The first kappa shape index (κ1) is 32.5.